The second-order valence-electron chi connectivity index (χ2n) is 13.0. The van der Waals surface area contributed by atoms with Gasteiger partial charge in [0.05, 0.1) is 17.9 Å². The lowest BCUT2D eigenvalue weighted by Gasteiger charge is -2.36. The van der Waals surface area contributed by atoms with E-state index in [1.807, 2.05) is 67.5 Å². The molecular weight excluding hydrogens is 618 g/mol. The van der Waals surface area contributed by atoms with E-state index in [1.165, 1.54) is 0 Å². The number of aliphatic imine (C=N–C) groups is 1. The van der Waals surface area contributed by atoms with E-state index in [9.17, 15) is 4.79 Å². The molecule has 0 bridgehead atoms. The number of nitrogens with zero attached hydrogens (tertiary/aromatic N) is 4. The number of nitrogens with two attached hydrogens (primary N) is 1. The number of urea groups is 1. The van der Waals surface area contributed by atoms with Gasteiger partial charge in [-0.1, -0.05) is 30.3 Å². The Bertz CT molecular complexity index is 1740. The minimum absolute atomic E-state index is 0.234. The highest BCUT2D eigenvalue weighted by Crippen LogP contribution is 2.38. The van der Waals surface area contributed by atoms with Crippen molar-refractivity contribution in [1.29, 1.82) is 10.8 Å². The van der Waals surface area contributed by atoms with Crippen LogP contribution in [0.25, 0.3) is 0 Å². The fourth-order valence-corrected chi connectivity index (χ4v) is 6.21. The number of likely N-dealkylation sites (N-methyl/N-ethyl adjacent to an activating group) is 1. The summed E-state index contributed by atoms with van der Waals surface area (Å²) in [6, 6.07) is 18.4. The highest BCUT2D eigenvalue weighted by Gasteiger charge is 2.30. The number of benzene rings is 2. The first kappa shape index (κ1) is 35.2. The van der Waals surface area contributed by atoms with Crippen molar-refractivity contribution in [2.45, 2.75) is 64.1 Å². The van der Waals surface area contributed by atoms with Crippen LogP contribution in [0, 0.1) is 10.8 Å². The topological polar surface area (TPSA) is 157 Å². The van der Waals surface area contributed by atoms with Gasteiger partial charge in [0.1, 0.15) is 35.5 Å². The maximum Gasteiger partial charge on any atom is 0.320 e. The molecule has 0 spiro atoms. The maximum atomic E-state index is 13.4. The molecule has 1 aromatic heterocycles. The monoisotopic (exact) mass is 667 g/mol. The van der Waals surface area contributed by atoms with Gasteiger partial charge in [-0.05, 0) is 102 Å². The summed E-state index contributed by atoms with van der Waals surface area (Å²) in [4.78, 5) is 22.1. The number of nitrogens with one attached hydrogen (secondary N) is 4. The third-order valence-electron chi connectivity index (χ3n) is 8.72. The Morgan fingerprint density at radius 2 is 1.86 bits per heavy atom. The number of carbonyl (C=O) groups is 1. The lowest BCUT2D eigenvalue weighted by atomic mass is 9.85. The predicted octanol–water partition coefficient (Wildman–Crippen LogP) is 5.41. The van der Waals surface area contributed by atoms with Crippen LogP contribution in [-0.2, 0) is 0 Å². The zero-order chi connectivity index (χ0) is 34.9. The molecule has 3 atom stereocenters. The fraction of sp³-hybridized carbons (Fsp3) is 0.405. The molecule has 1 fully saturated rings. The molecule has 0 radical (unpaired) electrons. The third kappa shape index (κ3) is 9.50. The molecule has 12 nitrogen and oxygen atoms in total. The Hall–Kier alpha value is -5.10. The van der Waals surface area contributed by atoms with E-state index < -0.39 is 6.03 Å². The zero-order valence-corrected chi connectivity index (χ0v) is 28.9. The minimum Gasteiger partial charge on any atom is -0.492 e. The van der Waals surface area contributed by atoms with E-state index in [0.717, 1.165) is 43.5 Å². The molecule has 49 heavy (non-hydrogen) atoms. The van der Waals surface area contributed by atoms with Crippen molar-refractivity contribution >= 4 is 23.5 Å². The van der Waals surface area contributed by atoms with Gasteiger partial charge in [0.2, 0.25) is 5.96 Å². The van der Waals surface area contributed by atoms with Gasteiger partial charge in [0.25, 0.3) is 0 Å². The van der Waals surface area contributed by atoms with E-state index in [-0.39, 0.29) is 23.7 Å². The van der Waals surface area contributed by atoms with Crippen LogP contribution in [-0.4, -0.2) is 72.0 Å². The smallest absolute Gasteiger partial charge is 0.320 e. The van der Waals surface area contributed by atoms with Gasteiger partial charge >= 0.3 is 6.03 Å². The Kier molecular flexibility index (Phi) is 11.7. The number of amidine groups is 1. The fourth-order valence-electron chi connectivity index (χ4n) is 6.21. The summed E-state index contributed by atoms with van der Waals surface area (Å²) in [6.45, 7) is 6.02. The van der Waals surface area contributed by atoms with E-state index in [0.29, 0.717) is 54.1 Å². The molecule has 2 aliphatic rings. The maximum absolute atomic E-state index is 13.4. The number of likely N-dealkylation sites (tertiary alicyclic amines) is 1. The van der Waals surface area contributed by atoms with Crippen LogP contribution in [0.3, 0.4) is 0 Å². The molecule has 1 saturated heterocycles. The van der Waals surface area contributed by atoms with Crippen molar-refractivity contribution in [2.75, 3.05) is 33.8 Å². The summed E-state index contributed by atoms with van der Waals surface area (Å²) >= 11 is 0. The van der Waals surface area contributed by atoms with Gasteiger partial charge < -0.3 is 30.3 Å². The Balaban J connectivity index is 1.27. The number of ether oxygens (including phenoxy) is 2. The first-order valence-corrected chi connectivity index (χ1v) is 16.9. The first-order chi connectivity index (χ1) is 23.6. The number of allylic oxidation sites excluding steroid dienone is 1. The van der Waals surface area contributed by atoms with Crippen molar-refractivity contribution in [2.24, 2.45) is 10.7 Å². The SMILES string of the molecule is CC(N)=CC(=Nc1cccc(OCCN(C)C)c1)NC(=O)NC1CC[C@@H](Oc2ccc(=N)n(C(=N)N3CCCC[C@@H]3C)c2)c2ccccc21. The highest BCUT2D eigenvalue weighted by molar-refractivity contribution is 6.05. The summed E-state index contributed by atoms with van der Waals surface area (Å²) in [5.41, 5.74) is 9.31. The number of amides is 2. The molecule has 1 aliphatic heterocycles. The largest absolute Gasteiger partial charge is 0.492 e. The van der Waals surface area contributed by atoms with E-state index in [2.05, 4.69) is 27.4 Å². The third-order valence-corrected chi connectivity index (χ3v) is 8.72. The van der Waals surface area contributed by atoms with E-state index >= 15 is 0 Å². The lowest BCUT2D eigenvalue weighted by molar-refractivity contribution is 0.170. The van der Waals surface area contributed by atoms with Crippen molar-refractivity contribution in [3.8, 4) is 11.5 Å². The van der Waals surface area contributed by atoms with Gasteiger partial charge in [-0.15, -0.1) is 0 Å². The standard InChI is InChI=1S/C37H49N9O3/c1-25(38)22-35(41-27-11-9-12-28(23-27)48-21-20-44(3)4)43-37(47)42-32-16-17-33(31-14-6-5-13-30(31)32)49-29-15-18-34(39)46(24-29)36(40)45-19-8-7-10-26(45)2/h5-6,9,11-15,18,22-24,26,32-33,39-40H,7-8,10,16-17,19-21,38H2,1-4H3,(H2,41,42,43,47)/t26-,32?,33+/m0/s1. The predicted molar refractivity (Wildman–Crippen MR) is 192 cm³/mol. The molecule has 1 aliphatic carbocycles. The number of piperidine rings is 1. The number of aromatic nitrogens is 1. The number of rotatable bonds is 9. The normalized spacial score (nSPS) is 19.6. The van der Waals surface area contributed by atoms with Crippen LogP contribution in [0.15, 0.2) is 83.6 Å². The average molecular weight is 668 g/mol. The molecule has 1 unspecified atom stereocenters. The molecule has 0 saturated carbocycles. The van der Waals surface area contributed by atoms with Crippen LogP contribution in [0.4, 0.5) is 10.5 Å². The molecule has 6 N–H and O–H groups in total. The van der Waals surface area contributed by atoms with Crippen molar-refractivity contribution in [1.82, 2.24) is 25.0 Å². The number of hydrogen-bond donors (Lipinski definition) is 5. The van der Waals surface area contributed by atoms with E-state index in [1.54, 1.807) is 35.9 Å². The molecule has 2 aromatic carbocycles. The second kappa shape index (κ2) is 16.3. The summed E-state index contributed by atoms with van der Waals surface area (Å²) in [5, 5.41) is 23.3. The summed E-state index contributed by atoms with van der Waals surface area (Å²) in [5.74, 6) is 1.89. The molecule has 5 rings (SSSR count). The number of hydrogen-bond acceptors (Lipinski definition) is 8. The van der Waals surface area contributed by atoms with Crippen LogP contribution in [0.2, 0.25) is 0 Å². The van der Waals surface area contributed by atoms with E-state index in [4.69, 9.17) is 26.0 Å². The van der Waals surface area contributed by atoms with Gasteiger partial charge in [0, 0.05) is 30.9 Å². The average Bonchev–Trinajstić information content (AvgIpc) is 3.06. The van der Waals surface area contributed by atoms with Crippen molar-refractivity contribution < 1.29 is 14.3 Å². The number of carbonyl (C=O) groups excluding carboxylic acids is 1. The molecule has 2 amide bonds. The molecule has 3 aromatic rings. The van der Waals surface area contributed by atoms with Crippen LogP contribution >= 0.6 is 0 Å². The highest BCUT2D eigenvalue weighted by atomic mass is 16.5. The summed E-state index contributed by atoms with van der Waals surface area (Å²) in [6.07, 6.45) is 7.66. The van der Waals surface area contributed by atoms with Gasteiger partial charge in [-0.2, -0.15) is 0 Å². The van der Waals surface area contributed by atoms with Crippen LogP contribution in [0.1, 0.15) is 69.2 Å². The van der Waals surface area contributed by atoms with Gasteiger partial charge in [0.15, 0.2) is 0 Å². The Labute approximate surface area is 288 Å². The van der Waals surface area contributed by atoms with Crippen molar-refractivity contribution in [3.63, 3.8) is 0 Å². The molecule has 2 heterocycles. The second-order valence-corrected chi connectivity index (χ2v) is 13.0. The molecule has 260 valence electrons. The molecular formula is C37H49N9O3. The number of fused-ring (bicyclic) bond motifs is 1. The van der Waals surface area contributed by atoms with Crippen LogP contribution in [0.5, 0.6) is 11.5 Å². The zero-order valence-electron chi connectivity index (χ0n) is 28.9. The van der Waals surface area contributed by atoms with Crippen LogP contribution < -0.4 is 31.3 Å². The summed E-state index contributed by atoms with van der Waals surface area (Å²) < 4.78 is 14.0. The van der Waals surface area contributed by atoms with Gasteiger partial charge in [-0.3, -0.25) is 20.7 Å². The first-order valence-electron chi connectivity index (χ1n) is 16.9. The van der Waals surface area contributed by atoms with Gasteiger partial charge in [-0.25, -0.2) is 9.79 Å². The number of pyridine rings is 1. The summed E-state index contributed by atoms with van der Waals surface area (Å²) in [7, 11) is 3.98. The lowest BCUT2D eigenvalue weighted by Crippen LogP contribution is -2.47. The molecule has 12 heteroatoms. The Morgan fingerprint density at radius 3 is 2.61 bits per heavy atom. The Morgan fingerprint density at radius 1 is 1.06 bits per heavy atom. The van der Waals surface area contributed by atoms with Crippen molar-refractivity contribution in [3.05, 3.63) is 95.2 Å². The quantitative estimate of drug-likeness (QED) is 0.152. The minimum atomic E-state index is -0.397.